The number of halogens is 1. The molecule has 0 radical (unpaired) electrons. The van der Waals surface area contributed by atoms with Crippen molar-refractivity contribution in [3.05, 3.63) is 60.0 Å². The number of carbonyl (C=O) groups excluding carboxylic acids is 1. The van der Waals surface area contributed by atoms with Crippen LogP contribution in [0.15, 0.2) is 48.5 Å². The van der Waals surface area contributed by atoms with Crippen LogP contribution >= 0.6 is 11.3 Å². The maximum atomic E-state index is 13.4. The minimum absolute atomic E-state index is 0.0291. The molecule has 0 spiro atoms. The first-order valence-corrected chi connectivity index (χ1v) is 11.1. The highest BCUT2D eigenvalue weighted by molar-refractivity contribution is 7.20. The highest BCUT2D eigenvalue weighted by atomic mass is 32.1. The predicted octanol–water partition coefficient (Wildman–Crippen LogP) is 4.52. The van der Waals surface area contributed by atoms with E-state index in [0.717, 1.165) is 21.5 Å². The Hall–Kier alpha value is -3.46. The van der Waals surface area contributed by atoms with Gasteiger partial charge in [0.25, 0.3) is 11.1 Å². The maximum Gasteiger partial charge on any atom is 0.274 e. The average Bonchev–Trinajstić information content (AvgIpc) is 3.46. The largest absolute Gasteiger partial charge is 0.497 e. The Kier molecular flexibility index (Phi) is 5.48. The van der Waals surface area contributed by atoms with Gasteiger partial charge in [-0.15, -0.1) is 0 Å². The minimum Gasteiger partial charge on any atom is -0.497 e. The summed E-state index contributed by atoms with van der Waals surface area (Å²) < 4.78 is 25.4. The molecule has 1 N–H and O–H groups in total. The molecule has 0 atom stereocenters. The van der Waals surface area contributed by atoms with Crippen molar-refractivity contribution in [2.45, 2.75) is 18.9 Å². The van der Waals surface area contributed by atoms with Crippen LogP contribution in [0.1, 0.15) is 23.3 Å². The number of benzene rings is 2. The number of piperidine rings is 1. The Bertz CT molecular complexity index is 1260. The fraction of sp³-hybridized carbons (Fsp3) is 0.261. The van der Waals surface area contributed by atoms with Gasteiger partial charge in [0, 0.05) is 31.5 Å². The number of amides is 1. The van der Waals surface area contributed by atoms with E-state index in [1.165, 1.54) is 23.5 Å². The summed E-state index contributed by atoms with van der Waals surface area (Å²) in [5.41, 5.74) is 2.75. The van der Waals surface area contributed by atoms with Crippen molar-refractivity contribution in [2.24, 2.45) is 0 Å². The van der Waals surface area contributed by atoms with Crippen molar-refractivity contribution in [3.8, 4) is 22.2 Å². The molecule has 1 aliphatic heterocycles. The Morgan fingerprint density at radius 3 is 2.84 bits per heavy atom. The fourth-order valence-corrected chi connectivity index (χ4v) is 4.69. The van der Waals surface area contributed by atoms with E-state index in [1.54, 1.807) is 24.1 Å². The molecule has 0 unspecified atom stereocenters. The second-order valence-electron chi connectivity index (χ2n) is 7.60. The normalized spacial score (nSPS) is 14.6. The highest BCUT2D eigenvalue weighted by Gasteiger charge is 2.26. The zero-order valence-electron chi connectivity index (χ0n) is 17.4. The Morgan fingerprint density at radius 1 is 1.19 bits per heavy atom. The standard InChI is InChI=1S/C23H21FN4O3S/c1-30-17-4-2-3-14(11-17)19-13-20(27-26-19)22(29)28-9-7-16(8-10-28)31-23-25-18-6-5-15(24)12-21(18)32-23/h2-6,11-13,16H,7-10H2,1H3,(H,26,27). The highest BCUT2D eigenvalue weighted by Crippen LogP contribution is 2.30. The number of methoxy groups -OCH3 is 1. The zero-order chi connectivity index (χ0) is 22.1. The number of hydrogen-bond acceptors (Lipinski definition) is 6. The van der Waals surface area contributed by atoms with Crippen LogP contribution < -0.4 is 9.47 Å². The lowest BCUT2D eigenvalue weighted by atomic mass is 10.1. The number of hydrogen-bond donors (Lipinski definition) is 1. The summed E-state index contributed by atoms with van der Waals surface area (Å²) in [6, 6.07) is 13.8. The number of ether oxygens (including phenoxy) is 2. The van der Waals surface area contributed by atoms with E-state index in [1.807, 2.05) is 24.3 Å². The van der Waals surface area contributed by atoms with Crippen LogP contribution in [-0.2, 0) is 0 Å². The van der Waals surface area contributed by atoms with Crippen molar-refractivity contribution >= 4 is 27.5 Å². The first kappa shape index (κ1) is 20.4. The molecule has 1 aliphatic rings. The van der Waals surface area contributed by atoms with Gasteiger partial charge in [-0.2, -0.15) is 5.10 Å². The number of H-pyrrole nitrogens is 1. The number of aromatic amines is 1. The van der Waals surface area contributed by atoms with E-state index in [4.69, 9.17) is 9.47 Å². The van der Waals surface area contributed by atoms with Crippen molar-refractivity contribution in [1.29, 1.82) is 0 Å². The van der Waals surface area contributed by atoms with Crippen LogP contribution in [0.5, 0.6) is 10.9 Å². The monoisotopic (exact) mass is 452 g/mol. The first-order chi connectivity index (χ1) is 15.6. The average molecular weight is 453 g/mol. The molecule has 5 rings (SSSR count). The van der Waals surface area contributed by atoms with Crippen LogP contribution in [-0.4, -0.2) is 52.3 Å². The van der Waals surface area contributed by atoms with Crippen molar-refractivity contribution in [2.75, 3.05) is 20.2 Å². The molecule has 0 bridgehead atoms. The van der Waals surface area contributed by atoms with Crippen LogP contribution in [0.25, 0.3) is 21.5 Å². The molecule has 1 amide bonds. The zero-order valence-corrected chi connectivity index (χ0v) is 18.2. The van der Waals surface area contributed by atoms with E-state index in [0.29, 0.717) is 42.5 Å². The first-order valence-electron chi connectivity index (χ1n) is 10.3. The van der Waals surface area contributed by atoms with Gasteiger partial charge in [0.05, 0.1) is 23.0 Å². The van der Waals surface area contributed by atoms with Crippen LogP contribution in [0.4, 0.5) is 4.39 Å². The van der Waals surface area contributed by atoms with Crippen LogP contribution in [0.2, 0.25) is 0 Å². The van der Waals surface area contributed by atoms with Gasteiger partial charge in [0.1, 0.15) is 23.4 Å². The molecule has 0 saturated carbocycles. The van der Waals surface area contributed by atoms with Crippen molar-refractivity contribution < 1.29 is 18.7 Å². The number of likely N-dealkylation sites (tertiary alicyclic amines) is 1. The van der Waals surface area contributed by atoms with Crippen molar-refractivity contribution in [3.63, 3.8) is 0 Å². The summed E-state index contributed by atoms with van der Waals surface area (Å²) in [4.78, 5) is 19.1. The molecule has 2 aromatic heterocycles. The second kappa shape index (κ2) is 8.58. The summed E-state index contributed by atoms with van der Waals surface area (Å²) in [6.07, 6.45) is 1.37. The van der Waals surface area contributed by atoms with E-state index in [2.05, 4.69) is 15.2 Å². The third-order valence-corrected chi connectivity index (χ3v) is 6.41. The van der Waals surface area contributed by atoms with Gasteiger partial charge in [0.2, 0.25) is 0 Å². The number of rotatable bonds is 5. The number of aromatic nitrogens is 3. The quantitative estimate of drug-likeness (QED) is 0.482. The number of nitrogens with zero attached hydrogens (tertiary/aromatic N) is 3. The summed E-state index contributed by atoms with van der Waals surface area (Å²) in [5, 5.41) is 7.68. The van der Waals surface area contributed by atoms with Gasteiger partial charge < -0.3 is 14.4 Å². The van der Waals surface area contributed by atoms with Crippen molar-refractivity contribution in [1.82, 2.24) is 20.1 Å². The molecule has 0 aliphatic carbocycles. The molecule has 4 aromatic rings. The van der Waals surface area contributed by atoms with Gasteiger partial charge >= 0.3 is 0 Å². The second-order valence-corrected chi connectivity index (χ2v) is 8.59. The number of thiazole rings is 1. The molecule has 2 aromatic carbocycles. The SMILES string of the molecule is COc1cccc(-c2cc(C(=O)N3CCC(Oc4nc5ccc(F)cc5s4)CC3)[nH]n2)c1. The third kappa shape index (κ3) is 4.16. The summed E-state index contributed by atoms with van der Waals surface area (Å²) in [5.74, 6) is 0.368. The lowest BCUT2D eigenvalue weighted by Gasteiger charge is -2.31. The van der Waals surface area contributed by atoms with E-state index < -0.39 is 0 Å². The lowest BCUT2D eigenvalue weighted by Crippen LogP contribution is -2.41. The van der Waals surface area contributed by atoms with Gasteiger partial charge in [-0.25, -0.2) is 9.37 Å². The fourth-order valence-electron chi connectivity index (χ4n) is 3.78. The number of carbonyl (C=O) groups is 1. The van der Waals surface area contributed by atoms with Crippen LogP contribution in [0, 0.1) is 5.82 Å². The molecule has 7 nitrogen and oxygen atoms in total. The number of nitrogens with one attached hydrogen (secondary N) is 1. The van der Waals surface area contributed by atoms with Gasteiger partial charge in [-0.05, 0) is 36.4 Å². The third-order valence-electron chi connectivity index (χ3n) is 5.50. The molecule has 1 saturated heterocycles. The van der Waals surface area contributed by atoms with Crippen LogP contribution in [0.3, 0.4) is 0 Å². The van der Waals surface area contributed by atoms with Gasteiger partial charge in [-0.1, -0.05) is 23.5 Å². The predicted molar refractivity (Wildman–Crippen MR) is 120 cm³/mol. The van der Waals surface area contributed by atoms with E-state index in [9.17, 15) is 9.18 Å². The Morgan fingerprint density at radius 2 is 2.03 bits per heavy atom. The Balaban J connectivity index is 1.20. The lowest BCUT2D eigenvalue weighted by molar-refractivity contribution is 0.0590. The summed E-state index contributed by atoms with van der Waals surface area (Å²) in [7, 11) is 1.61. The minimum atomic E-state index is -0.284. The smallest absolute Gasteiger partial charge is 0.274 e. The molecule has 9 heteroatoms. The number of fused-ring (bicyclic) bond motifs is 1. The molecule has 3 heterocycles. The molecule has 32 heavy (non-hydrogen) atoms. The molecule has 164 valence electrons. The maximum absolute atomic E-state index is 13.4. The summed E-state index contributed by atoms with van der Waals surface area (Å²) in [6.45, 7) is 1.16. The topological polar surface area (TPSA) is 80.3 Å². The van der Waals surface area contributed by atoms with Gasteiger partial charge in [-0.3, -0.25) is 9.89 Å². The molecular weight excluding hydrogens is 431 g/mol. The van der Waals surface area contributed by atoms with E-state index >= 15 is 0 Å². The summed E-state index contributed by atoms with van der Waals surface area (Å²) >= 11 is 1.34. The molecular formula is C23H21FN4O3S. The molecule has 1 fully saturated rings. The Labute approximate surface area is 187 Å². The van der Waals surface area contributed by atoms with Gasteiger partial charge in [0.15, 0.2) is 0 Å². The van der Waals surface area contributed by atoms with E-state index in [-0.39, 0.29) is 17.8 Å².